The summed E-state index contributed by atoms with van der Waals surface area (Å²) >= 11 is 1.50. The van der Waals surface area contributed by atoms with Crippen molar-refractivity contribution in [1.29, 1.82) is 0 Å². The van der Waals surface area contributed by atoms with Crippen LogP contribution in [0.3, 0.4) is 0 Å². The van der Waals surface area contributed by atoms with Crippen LogP contribution in [-0.4, -0.2) is 14.5 Å². The molecule has 22 heavy (non-hydrogen) atoms. The highest BCUT2D eigenvalue weighted by Crippen LogP contribution is 2.25. The van der Waals surface area contributed by atoms with E-state index in [1.807, 2.05) is 13.8 Å². The van der Waals surface area contributed by atoms with E-state index in [0.29, 0.717) is 10.9 Å². The fourth-order valence-corrected chi connectivity index (χ4v) is 3.34. The summed E-state index contributed by atoms with van der Waals surface area (Å²) in [5, 5.41) is 11.5. The van der Waals surface area contributed by atoms with Gasteiger partial charge in [-0.05, 0) is 25.0 Å². The van der Waals surface area contributed by atoms with Crippen molar-refractivity contribution in [2.24, 2.45) is 0 Å². The van der Waals surface area contributed by atoms with Crippen LogP contribution in [0.25, 0.3) is 10.2 Å². The summed E-state index contributed by atoms with van der Waals surface area (Å²) in [6, 6.07) is 6.28. The molecular weight excluding hydrogens is 302 g/mol. The van der Waals surface area contributed by atoms with Crippen molar-refractivity contribution in [3.63, 3.8) is 0 Å². The monoisotopic (exact) mass is 315 g/mol. The molecule has 112 valence electrons. The number of rotatable bonds is 3. The minimum atomic E-state index is -0.444. The molecular formula is C15H13N3O3S. The Bertz CT molecular complexity index is 943. The van der Waals surface area contributed by atoms with Gasteiger partial charge in [0.05, 0.1) is 23.2 Å². The van der Waals surface area contributed by atoms with Crippen molar-refractivity contribution in [2.45, 2.75) is 20.4 Å². The molecule has 0 atom stereocenters. The van der Waals surface area contributed by atoms with Crippen LogP contribution >= 0.6 is 11.3 Å². The maximum absolute atomic E-state index is 12.6. The summed E-state index contributed by atoms with van der Waals surface area (Å²) in [5.74, 6) is 0. The Hall–Kier alpha value is -2.54. The minimum Gasteiger partial charge on any atom is -0.294 e. The standard InChI is InChI=1S/C15H13N3O3S/c1-9-10(2)22-14-13(9)15(19)17(8-16-14)7-11-4-3-5-12(6-11)18(20)21/h3-6,8H,7H2,1-2H3. The van der Waals surface area contributed by atoms with E-state index in [2.05, 4.69) is 4.98 Å². The number of non-ortho nitro benzene ring substituents is 1. The van der Waals surface area contributed by atoms with Gasteiger partial charge < -0.3 is 0 Å². The number of fused-ring (bicyclic) bond motifs is 1. The van der Waals surface area contributed by atoms with Crippen molar-refractivity contribution in [3.8, 4) is 0 Å². The molecule has 6 nitrogen and oxygen atoms in total. The smallest absolute Gasteiger partial charge is 0.269 e. The Labute approximate surface area is 129 Å². The van der Waals surface area contributed by atoms with Gasteiger partial charge in [-0.2, -0.15) is 0 Å². The lowest BCUT2D eigenvalue weighted by molar-refractivity contribution is -0.384. The van der Waals surface area contributed by atoms with E-state index >= 15 is 0 Å². The van der Waals surface area contributed by atoms with E-state index in [0.717, 1.165) is 15.3 Å². The zero-order valence-electron chi connectivity index (χ0n) is 12.1. The predicted molar refractivity (Wildman–Crippen MR) is 85.6 cm³/mol. The zero-order chi connectivity index (χ0) is 15.9. The molecule has 1 aromatic carbocycles. The molecule has 0 saturated carbocycles. The second-order valence-corrected chi connectivity index (χ2v) is 6.27. The molecule has 0 saturated heterocycles. The molecule has 0 aliphatic heterocycles. The second-order valence-electron chi connectivity index (χ2n) is 5.07. The fraction of sp³-hybridized carbons (Fsp3) is 0.200. The highest BCUT2D eigenvalue weighted by atomic mass is 32.1. The first-order valence-electron chi connectivity index (χ1n) is 6.66. The average Bonchev–Trinajstić information content (AvgIpc) is 2.78. The second kappa shape index (κ2) is 5.34. The van der Waals surface area contributed by atoms with Crippen LogP contribution in [0.1, 0.15) is 16.0 Å². The highest BCUT2D eigenvalue weighted by molar-refractivity contribution is 7.18. The lowest BCUT2D eigenvalue weighted by atomic mass is 10.2. The van der Waals surface area contributed by atoms with Gasteiger partial charge in [0, 0.05) is 17.0 Å². The third-order valence-electron chi connectivity index (χ3n) is 3.63. The summed E-state index contributed by atoms with van der Waals surface area (Å²) in [6.07, 6.45) is 1.50. The topological polar surface area (TPSA) is 78.0 Å². The van der Waals surface area contributed by atoms with Crippen LogP contribution in [0.5, 0.6) is 0 Å². The number of benzene rings is 1. The molecule has 0 spiro atoms. The largest absolute Gasteiger partial charge is 0.294 e. The van der Waals surface area contributed by atoms with E-state index in [-0.39, 0.29) is 17.8 Å². The van der Waals surface area contributed by atoms with Crippen molar-refractivity contribution in [2.75, 3.05) is 0 Å². The summed E-state index contributed by atoms with van der Waals surface area (Å²) < 4.78 is 1.49. The summed E-state index contributed by atoms with van der Waals surface area (Å²) in [6.45, 7) is 4.14. The van der Waals surface area contributed by atoms with Gasteiger partial charge in [-0.1, -0.05) is 12.1 Å². The summed E-state index contributed by atoms with van der Waals surface area (Å²) in [4.78, 5) is 29.1. The first kappa shape index (κ1) is 14.4. The molecule has 0 fully saturated rings. The van der Waals surface area contributed by atoms with E-state index in [1.165, 1.54) is 34.4 Å². The van der Waals surface area contributed by atoms with Crippen LogP contribution in [0.2, 0.25) is 0 Å². The predicted octanol–water partition coefficient (Wildman–Crippen LogP) is 3.03. The number of thiophene rings is 1. The van der Waals surface area contributed by atoms with Crippen molar-refractivity contribution in [1.82, 2.24) is 9.55 Å². The maximum atomic E-state index is 12.6. The Morgan fingerprint density at radius 2 is 2.14 bits per heavy atom. The van der Waals surface area contributed by atoms with E-state index in [9.17, 15) is 14.9 Å². The molecule has 0 aliphatic rings. The molecule has 0 amide bonds. The van der Waals surface area contributed by atoms with Gasteiger partial charge in [0.2, 0.25) is 0 Å². The Morgan fingerprint density at radius 1 is 1.36 bits per heavy atom. The lowest BCUT2D eigenvalue weighted by Gasteiger charge is -2.05. The van der Waals surface area contributed by atoms with Crippen LogP contribution in [-0.2, 0) is 6.54 Å². The minimum absolute atomic E-state index is 0.0159. The van der Waals surface area contributed by atoms with E-state index < -0.39 is 4.92 Å². The quantitative estimate of drug-likeness (QED) is 0.550. The van der Waals surface area contributed by atoms with E-state index in [4.69, 9.17) is 0 Å². The Balaban J connectivity index is 2.06. The van der Waals surface area contributed by atoms with Crippen LogP contribution < -0.4 is 5.56 Å². The number of nitro groups is 1. The number of hydrogen-bond donors (Lipinski definition) is 0. The molecule has 0 bridgehead atoms. The van der Waals surface area contributed by atoms with Gasteiger partial charge in [0.15, 0.2) is 0 Å². The summed E-state index contributed by atoms with van der Waals surface area (Å²) in [7, 11) is 0. The highest BCUT2D eigenvalue weighted by Gasteiger charge is 2.13. The van der Waals surface area contributed by atoms with Gasteiger partial charge in [0.25, 0.3) is 11.2 Å². The molecule has 3 aromatic rings. The van der Waals surface area contributed by atoms with Crippen LogP contribution in [0.4, 0.5) is 5.69 Å². The summed E-state index contributed by atoms with van der Waals surface area (Å²) in [5.41, 5.74) is 1.55. The van der Waals surface area contributed by atoms with Crippen molar-refractivity contribution < 1.29 is 4.92 Å². The van der Waals surface area contributed by atoms with Gasteiger partial charge >= 0.3 is 0 Å². The number of hydrogen-bond acceptors (Lipinski definition) is 5. The number of nitro benzene ring substituents is 1. The molecule has 0 N–H and O–H groups in total. The zero-order valence-corrected chi connectivity index (χ0v) is 12.9. The number of nitrogens with zero attached hydrogens (tertiary/aromatic N) is 3. The van der Waals surface area contributed by atoms with Crippen molar-refractivity contribution in [3.05, 3.63) is 67.1 Å². The molecule has 2 aromatic heterocycles. The van der Waals surface area contributed by atoms with Crippen LogP contribution in [0.15, 0.2) is 35.4 Å². The molecule has 0 aliphatic carbocycles. The lowest BCUT2D eigenvalue weighted by Crippen LogP contribution is -2.21. The molecule has 7 heteroatoms. The maximum Gasteiger partial charge on any atom is 0.269 e. The van der Waals surface area contributed by atoms with Crippen LogP contribution in [0, 0.1) is 24.0 Å². The molecule has 3 rings (SSSR count). The first-order chi connectivity index (χ1) is 10.5. The van der Waals surface area contributed by atoms with Gasteiger partial charge in [-0.3, -0.25) is 19.5 Å². The van der Waals surface area contributed by atoms with Gasteiger partial charge in [-0.15, -0.1) is 11.3 Å². The Kier molecular flexibility index (Phi) is 3.50. The van der Waals surface area contributed by atoms with Crippen molar-refractivity contribution >= 4 is 27.2 Å². The first-order valence-corrected chi connectivity index (χ1v) is 7.47. The number of aryl methyl sites for hydroxylation is 2. The number of aromatic nitrogens is 2. The molecule has 2 heterocycles. The molecule has 0 unspecified atom stereocenters. The molecule has 0 radical (unpaired) electrons. The van der Waals surface area contributed by atoms with Gasteiger partial charge in [0.1, 0.15) is 4.83 Å². The third kappa shape index (κ3) is 2.39. The Morgan fingerprint density at radius 3 is 2.86 bits per heavy atom. The fourth-order valence-electron chi connectivity index (χ4n) is 2.35. The van der Waals surface area contributed by atoms with E-state index in [1.54, 1.807) is 12.1 Å². The SMILES string of the molecule is Cc1sc2ncn(Cc3cccc([N+](=O)[O-])c3)c(=O)c2c1C. The normalized spacial score (nSPS) is 11.0. The van der Waals surface area contributed by atoms with Gasteiger partial charge in [-0.25, -0.2) is 4.98 Å². The third-order valence-corrected chi connectivity index (χ3v) is 4.75. The average molecular weight is 315 g/mol.